The molecule has 3 rings (SSSR count). The summed E-state index contributed by atoms with van der Waals surface area (Å²) in [5.41, 5.74) is 1.13. The van der Waals surface area contributed by atoms with Gasteiger partial charge in [-0.3, -0.25) is 0 Å². The van der Waals surface area contributed by atoms with Crippen LogP contribution in [0.1, 0.15) is 6.92 Å². The maximum absolute atomic E-state index is 12.3. The highest BCUT2D eigenvalue weighted by Crippen LogP contribution is 2.25. The lowest BCUT2D eigenvalue weighted by Crippen LogP contribution is -2.14. The van der Waals surface area contributed by atoms with Crippen LogP contribution in [0.25, 0.3) is 22.1 Å². The van der Waals surface area contributed by atoms with Gasteiger partial charge in [0.1, 0.15) is 17.1 Å². The van der Waals surface area contributed by atoms with Gasteiger partial charge >= 0.3 is 11.6 Å². The lowest BCUT2D eigenvalue weighted by Gasteiger charge is -2.07. The van der Waals surface area contributed by atoms with Gasteiger partial charge in [0.2, 0.25) is 0 Å². The molecule has 0 unspecified atom stereocenters. The average molecular weight is 354 g/mol. The number of benzene rings is 2. The molecule has 6 nitrogen and oxygen atoms in total. The van der Waals surface area contributed by atoms with E-state index < -0.39 is 11.6 Å². The zero-order valence-corrected chi connectivity index (χ0v) is 14.5. The Morgan fingerprint density at radius 2 is 1.77 bits per heavy atom. The fraction of sp³-hybridized carbons (Fsp3) is 0.200. The van der Waals surface area contributed by atoms with E-state index in [1.54, 1.807) is 62.6 Å². The summed E-state index contributed by atoms with van der Waals surface area (Å²) in [6.45, 7) is 1.82. The molecule has 0 bridgehead atoms. The lowest BCUT2D eigenvalue weighted by atomic mass is 10.1. The number of rotatable bonds is 6. The number of ether oxygens (including phenoxy) is 3. The molecule has 3 aromatic rings. The quantitative estimate of drug-likeness (QED) is 0.499. The van der Waals surface area contributed by atoms with E-state index in [0.29, 0.717) is 29.3 Å². The van der Waals surface area contributed by atoms with Crippen LogP contribution < -0.4 is 15.1 Å². The molecular formula is C20H18O6. The van der Waals surface area contributed by atoms with Gasteiger partial charge in [-0.2, -0.15) is 0 Å². The van der Waals surface area contributed by atoms with Crippen molar-refractivity contribution in [3.05, 3.63) is 59.0 Å². The minimum Gasteiger partial charge on any atom is -0.497 e. The van der Waals surface area contributed by atoms with Crippen molar-refractivity contribution in [3.63, 3.8) is 0 Å². The molecule has 0 aliphatic heterocycles. The first kappa shape index (κ1) is 17.5. The van der Waals surface area contributed by atoms with Crippen molar-refractivity contribution in [2.24, 2.45) is 0 Å². The second-order valence-corrected chi connectivity index (χ2v) is 5.47. The summed E-state index contributed by atoms with van der Waals surface area (Å²) in [7, 11) is 1.58. The lowest BCUT2D eigenvalue weighted by molar-refractivity contribution is -0.145. The zero-order valence-electron chi connectivity index (χ0n) is 14.5. The third-order valence-corrected chi connectivity index (χ3v) is 3.77. The van der Waals surface area contributed by atoms with Crippen molar-refractivity contribution < 1.29 is 23.4 Å². The normalized spacial score (nSPS) is 10.5. The molecule has 0 N–H and O–H groups in total. The Morgan fingerprint density at radius 1 is 1.04 bits per heavy atom. The van der Waals surface area contributed by atoms with Crippen molar-refractivity contribution in [1.29, 1.82) is 0 Å². The SMILES string of the molecule is CCOC(=O)COc1ccc2cc(-c3ccc(OC)cc3)c(=O)oc2c1. The van der Waals surface area contributed by atoms with Gasteiger partial charge in [-0.25, -0.2) is 9.59 Å². The molecule has 0 fully saturated rings. The van der Waals surface area contributed by atoms with Crippen LogP contribution in [0.5, 0.6) is 11.5 Å². The van der Waals surface area contributed by atoms with Crippen LogP contribution in [0.15, 0.2) is 57.7 Å². The van der Waals surface area contributed by atoms with E-state index in [1.807, 2.05) is 0 Å². The summed E-state index contributed by atoms with van der Waals surface area (Å²) in [6, 6.07) is 14.0. The topological polar surface area (TPSA) is 75.0 Å². The molecule has 0 aliphatic rings. The van der Waals surface area contributed by atoms with Crippen molar-refractivity contribution in [2.75, 3.05) is 20.3 Å². The van der Waals surface area contributed by atoms with Crippen LogP contribution in [0.3, 0.4) is 0 Å². The van der Waals surface area contributed by atoms with Gasteiger partial charge in [-0.1, -0.05) is 12.1 Å². The molecule has 0 saturated carbocycles. The largest absolute Gasteiger partial charge is 0.497 e. The van der Waals surface area contributed by atoms with Crippen LogP contribution in [-0.2, 0) is 9.53 Å². The van der Waals surface area contributed by atoms with Crippen LogP contribution in [0, 0.1) is 0 Å². The van der Waals surface area contributed by atoms with E-state index in [2.05, 4.69) is 0 Å². The van der Waals surface area contributed by atoms with Crippen LogP contribution in [-0.4, -0.2) is 26.3 Å². The van der Waals surface area contributed by atoms with Crippen LogP contribution in [0.2, 0.25) is 0 Å². The molecule has 1 aromatic heterocycles. The molecule has 26 heavy (non-hydrogen) atoms. The second kappa shape index (κ2) is 7.74. The first-order valence-corrected chi connectivity index (χ1v) is 8.11. The standard InChI is InChI=1S/C20H18O6/c1-3-24-19(21)12-25-16-9-6-14-10-17(20(22)26-18(14)11-16)13-4-7-15(23-2)8-5-13/h4-11H,3,12H2,1-2H3. The number of carbonyl (C=O) groups excluding carboxylic acids is 1. The predicted octanol–water partition coefficient (Wildman–Crippen LogP) is 3.41. The average Bonchev–Trinajstić information content (AvgIpc) is 2.66. The van der Waals surface area contributed by atoms with E-state index in [4.69, 9.17) is 18.6 Å². The van der Waals surface area contributed by atoms with Gasteiger partial charge in [0.15, 0.2) is 6.61 Å². The van der Waals surface area contributed by atoms with Crippen molar-refractivity contribution in [1.82, 2.24) is 0 Å². The summed E-state index contributed by atoms with van der Waals surface area (Å²) in [5, 5.41) is 0.749. The summed E-state index contributed by atoms with van der Waals surface area (Å²) >= 11 is 0. The molecule has 6 heteroatoms. The molecule has 0 atom stereocenters. The Morgan fingerprint density at radius 3 is 2.46 bits per heavy atom. The number of methoxy groups -OCH3 is 1. The number of carbonyl (C=O) groups is 1. The minimum atomic E-state index is -0.455. The fourth-order valence-electron chi connectivity index (χ4n) is 2.50. The first-order valence-electron chi connectivity index (χ1n) is 8.11. The molecule has 0 spiro atoms. The van der Waals surface area contributed by atoms with Gasteiger partial charge in [0.05, 0.1) is 19.3 Å². The molecule has 0 amide bonds. The highest BCUT2D eigenvalue weighted by molar-refractivity contribution is 5.83. The van der Waals surface area contributed by atoms with Gasteiger partial charge in [-0.15, -0.1) is 0 Å². The summed E-state index contributed by atoms with van der Waals surface area (Å²) in [4.78, 5) is 23.7. The molecular weight excluding hydrogens is 336 g/mol. The van der Waals surface area contributed by atoms with E-state index in [9.17, 15) is 9.59 Å². The third-order valence-electron chi connectivity index (χ3n) is 3.77. The first-order chi connectivity index (χ1) is 12.6. The van der Waals surface area contributed by atoms with E-state index in [1.165, 1.54) is 0 Å². The highest BCUT2D eigenvalue weighted by atomic mass is 16.6. The van der Waals surface area contributed by atoms with Crippen LogP contribution in [0.4, 0.5) is 0 Å². The number of esters is 1. The van der Waals surface area contributed by atoms with Gasteiger partial charge < -0.3 is 18.6 Å². The smallest absolute Gasteiger partial charge is 0.344 e. The molecule has 134 valence electrons. The Hall–Kier alpha value is -3.28. The Kier molecular flexibility index (Phi) is 5.22. The highest BCUT2D eigenvalue weighted by Gasteiger charge is 2.10. The van der Waals surface area contributed by atoms with E-state index in [0.717, 1.165) is 10.9 Å². The van der Waals surface area contributed by atoms with Crippen LogP contribution >= 0.6 is 0 Å². The Bertz CT molecular complexity index is 972. The van der Waals surface area contributed by atoms with Crippen molar-refractivity contribution >= 4 is 16.9 Å². The van der Waals surface area contributed by atoms with Crippen molar-refractivity contribution in [3.8, 4) is 22.6 Å². The number of hydrogen-bond acceptors (Lipinski definition) is 6. The fourth-order valence-corrected chi connectivity index (χ4v) is 2.50. The van der Waals surface area contributed by atoms with Crippen molar-refractivity contribution in [2.45, 2.75) is 6.92 Å². The second-order valence-electron chi connectivity index (χ2n) is 5.47. The van der Waals surface area contributed by atoms with Gasteiger partial charge in [0.25, 0.3) is 0 Å². The predicted molar refractivity (Wildman–Crippen MR) is 96.6 cm³/mol. The maximum Gasteiger partial charge on any atom is 0.344 e. The zero-order chi connectivity index (χ0) is 18.5. The maximum atomic E-state index is 12.3. The molecule has 1 heterocycles. The Labute approximate surface area is 149 Å². The molecule has 0 aliphatic carbocycles. The summed E-state index contributed by atoms with van der Waals surface area (Å²) in [6.07, 6.45) is 0. The monoisotopic (exact) mass is 354 g/mol. The Balaban J connectivity index is 1.88. The van der Waals surface area contributed by atoms with E-state index >= 15 is 0 Å². The summed E-state index contributed by atoms with van der Waals surface area (Å²) in [5.74, 6) is 0.678. The van der Waals surface area contributed by atoms with E-state index in [-0.39, 0.29) is 6.61 Å². The summed E-state index contributed by atoms with van der Waals surface area (Å²) < 4.78 is 20.7. The molecule has 2 aromatic carbocycles. The van der Waals surface area contributed by atoms with Gasteiger partial charge in [-0.05, 0) is 42.8 Å². The third kappa shape index (κ3) is 3.85. The number of fused-ring (bicyclic) bond motifs is 1. The van der Waals surface area contributed by atoms with Gasteiger partial charge in [0, 0.05) is 11.5 Å². The molecule has 0 saturated heterocycles. The minimum absolute atomic E-state index is 0.201. The number of hydrogen-bond donors (Lipinski definition) is 0. The molecule has 0 radical (unpaired) electrons.